The summed E-state index contributed by atoms with van der Waals surface area (Å²) in [6.07, 6.45) is 7.68. The minimum absolute atomic E-state index is 0.0667. The molecule has 0 atom stereocenters. The molecule has 1 aromatic carbocycles. The molecular formula is C25H32N6O2. The Balaban J connectivity index is 1.14. The third-order valence-electron chi connectivity index (χ3n) is 7.48. The molecule has 33 heavy (non-hydrogen) atoms. The van der Waals surface area contributed by atoms with Gasteiger partial charge in [0.2, 0.25) is 0 Å². The van der Waals surface area contributed by atoms with Gasteiger partial charge in [0.1, 0.15) is 11.2 Å². The first-order valence-corrected chi connectivity index (χ1v) is 12.4. The van der Waals surface area contributed by atoms with Gasteiger partial charge in [-0.2, -0.15) is 5.10 Å². The van der Waals surface area contributed by atoms with Gasteiger partial charge in [-0.15, -0.1) is 0 Å². The lowest BCUT2D eigenvalue weighted by Gasteiger charge is -2.40. The number of rotatable bonds is 5. The molecule has 1 N–H and O–H groups in total. The highest BCUT2D eigenvalue weighted by Gasteiger charge is 2.31. The minimum Gasteiger partial charge on any atom is -0.379 e. The summed E-state index contributed by atoms with van der Waals surface area (Å²) in [4.78, 5) is 25.4. The Labute approximate surface area is 193 Å². The van der Waals surface area contributed by atoms with Crippen LogP contribution in [0, 0.1) is 0 Å². The lowest BCUT2D eigenvalue weighted by Crippen LogP contribution is -2.46. The molecule has 174 valence electrons. The highest BCUT2D eigenvalue weighted by molar-refractivity contribution is 5.73. The Kier molecular flexibility index (Phi) is 5.63. The van der Waals surface area contributed by atoms with Crippen molar-refractivity contribution in [1.29, 1.82) is 0 Å². The average Bonchev–Trinajstić information content (AvgIpc) is 3.25. The van der Waals surface area contributed by atoms with E-state index in [1.165, 1.54) is 30.5 Å². The summed E-state index contributed by atoms with van der Waals surface area (Å²) in [5.74, 6) is 1.04. The molecule has 8 heteroatoms. The van der Waals surface area contributed by atoms with Crippen molar-refractivity contribution >= 4 is 16.7 Å². The Bertz CT molecular complexity index is 1150. The second-order valence-electron chi connectivity index (χ2n) is 9.73. The summed E-state index contributed by atoms with van der Waals surface area (Å²) in [5, 5.41) is 5.16. The van der Waals surface area contributed by atoms with Crippen LogP contribution in [0.1, 0.15) is 55.5 Å². The van der Waals surface area contributed by atoms with E-state index in [2.05, 4.69) is 44.1 Å². The van der Waals surface area contributed by atoms with Crippen LogP contribution in [0.4, 0.5) is 5.69 Å². The lowest BCUT2D eigenvalue weighted by atomic mass is 9.95. The molecule has 1 aliphatic carbocycles. The predicted octanol–water partition coefficient (Wildman–Crippen LogP) is 3.06. The molecule has 3 aromatic rings. The Morgan fingerprint density at radius 3 is 2.55 bits per heavy atom. The van der Waals surface area contributed by atoms with Crippen LogP contribution >= 0.6 is 0 Å². The zero-order chi connectivity index (χ0) is 22.2. The summed E-state index contributed by atoms with van der Waals surface area (Å²) in [6, 6.07) is 9.25. The maximum atomic E-state index is 12.7. The Morgan fingerprint density at radius 2 is 1.79 bits per heavy atom. The van der Waals surface area contributed by atoms with Crippen molar-refractivity contribution in [3.63, 3.8) is 0 Å². The number of fused-ring (bicyclic) bond motifs is 1. The van der Waals surface area contributed by atoms with Gasteiger partial charge in [-0.1, -0.05) is 31.4 Å². The molecule has 3 fully saturated rings. The van der Waals surface area contributed by atoms with Crippen LogP contribution in [0.3, 0.4) is 0 Å². The maximum Gasteiger partial charge on any atom is 0.262 e. The molecule has 2 aromatic heterocycles. The maximum absolute atomic E-state index is 12.7. The molecule has 8 nitrogen and oxygen atoms in total. The normalized spacial score (nSPS) is 20.9. The van der Waals surface area contributed by atoms with Gasteiger partial charge in [0.25, 0.3) is 5.56 Å². The molecule has 4 heterocycles. The second kappa shape index (κ2) is 8.91. The van der Waals surface area contributed by atoms with Crippen LogP contribution in [-0.4, -0.2) is 64.0 Å². The number of ether oxygens (including phenoxy) is 1. The first kappa shape index (κ1) is 20.9. The molecule has 0 radical (unpaired) electrons. The van der Waals surface area contributed by atoms with Crippen LogP contribution in [0.15, 0.2) is 35.3 Å². The molecule has 0 unspecified atom stereocenters. The first-order chi connectivity index (χ1) is 16.2. The molecule has 6 rings (SSSR count). The zero-order valence-corrected chi connectivity index (χ0v) is 19.1. The quantitative estimate of drug-likeness (QED) is 0.646. The Hall–Kier alpha value is -2.71. The average molecular weight is 449 g/mol. The minimum atomic E-state index is -0.0667. The van der Waals surface area contributed by atoms with Crippen LogP contribution in [0.2, 0.25) is 0 Å². The lowest BCUT2D eigenvalue weighted by molar-refractivity contribution is 0.0342. The van der Waals surface area contributed by atoms with Gasteiger partial charge in [0.05, 0.1) is 31.4 Å². The van der Waals surface area contributed by atoms with Crippen molar-refractivity contribution in [2.24, 2.45) is 0 Å². The third-order valence-corrected chi connectivity index (χ3v) is 7.48. The van der Waals surface area contributed by atoms with Crippen LogP contribution < -0.4 is 10.5 Å². The van der Waals surface area contributed by atoms with E-state index in [0.29, 0.717) is 11.4 Å². The molecule has 2 aliphatic heterocycles. The first-order valence-electron chi connectivity index (χ1n) is 12.4. The monoisotopic (exact) mass is 448 g/mol. The molecule has 0 bridgehead atoms. The fourth-order valence-corrected chi connectivity index (χ4v) is 5.43. The van der Waals surface area contributed by atoms with Crippen LogP contribution in [0.5, 0.6) is 0 Å². The van der Waals surface area contributed by atoms with E-state index in [1.54, 1.807) is 6.20 Å². The molecule has 0 spiro atoms. The molecule has 0 amide bonds. The zero-order valence-electron chi connectivity index (χ0n) is 19.1. The molecular weight excluding hydrogens is 416 g/mol. The largest absolute Gasteiger partial charge is 0.379 e. The highest BCUT2D eigenvalue weighted by Crippen LogP contribution is 2.32. The SMILES string of the molecule is O=c1[nH]c(C2CN(c3ccc(CN4CCOCC4)cc3)C2)nc2c1cnn2C1CCCCC1. The van der Waals surface area contributed by atoms with Crippen molar-refractivity contribution in [2.45, 2.75) is 50.6 Å². The molecule has 2 saturated heterocycles. The second-order valence-corrected chi connectivity index (χ2v) is 9.73. The van der Waals surface area contributed by atoms with E-state index in [4.69, 9.17) is 9.72 Å². The van der Waals surface area contributed by atoms with Gasteiger partial charge in [-0.05, 0) is 30.5 Å². The summed E-state index contributed by atoms with van der Waals surface area (Å²) < 4.78 is 7.45. The number of benzene rings is 1. The van der Waals surface area contributed by atoms with E-state index < -0.39 is 0 Å². The fourth-order valence-electron chi connectivity index (χ4n) is 5.43. The number of anilines is 1. The number of nitrogens with zero attached hydrogens (tertiary/aromatic N) is 5. The van der Waals surface area contributed by atoms with Crippen molar-refractivity contribution in [2.75, 3.05) is 44.3 Å². The summed E-state index contributed by atoms with van der Waals surface area (Å²) in [6.45, 7) is 6.39. The van der Waals surface area contributed by atoms with Gasteiger partial charge < -0.3 is 14.6 Å². The van der Waals surface area contributed by atoms with Gasteiger partial charge in [-0.3, -0.25) is 9.69 Å². The topological polar surface area (TPSA) is 79.3 Å². The standard InChI is InChI=1S/C25H32N6O2/c32-25-22-14-26-31(21-4-2-1-3-5-21)24(22)27-23(28-25)19-16-30(17-19)20-8-6-18(7-9-20)15-29-10-12-33-13-11-29/h6-9,14,19,21H,1-5,10-13,15-17H2,(H,27,28,32). The molecule has 3 aliphatic rings. The number of morpholine rings is 1. The van der Waals surface area contributed by atoms with E-state index in [1.807, 2.05) is 4.68 Å². The van der Waals surface area contributed by atoms with E-state index in [0.717, 1.165) is 70.3 Å². The number of aromatic nitrogens is 4. The summed E-state index contributed by atoms with van der Waals surface area (Å²) in [7, 11) is 0. The summed E-state index contributed by atoms with van der Waals surface area (Å²) in [5.41, 5.74) is 3.26. The molecule has 1 saturated carbocycles. The van der Waals surface area contributed by atoms with E-state index in [9.17, 15) is 4.79 Å². The van der Waals surface area contributed by atoms with Crippen molar-refractivity contribution in [3.05, 3.63) is 52.2 Å². The highest BCUT2D eigenvalue weighted by atomic mass is 16.5. The van der Waals surface area contributed by atoms with Crippen molar-refractivity contribution in [3.8, 4) is 0 Å². The summed E-state index contributed by atoms with van der Waals surface area (Å²) >= 11 is 0. The van der Waals surface area contributed by atoms with E-state index >= 15 is 0 Å². The van der Waals surface area contributed by atoms with Gasteiger partial charge in [0.15, 0.2) is 5.65 Å². The van der Waals surface area contributed by atoms with Crippen LogP contribution in [0.25, 0.3) is 11.0 Å². The van der Waals surface area contributed by atoms with Gasteiger partial charge >= 0.3 is 0 Å². The van der Waals surface area contributed by atoms with Crippen molar-refractivity contribution in [1.82, 2.24) is 24.6 Å². The van der Waals surface area contributed by atoms with Gasteiger partial charge in [-0.25, -0.2) is 9.67 Å². The number of hydrogen-bond acceptors (Lipinski definition) is 6. The third kappa shape index (κ3) is 4.17. The number of hydrogen-bond donors (Lipinski definition) is 1. The predicted molar refractivity (Wildman–Crippen MR) is 128 cm³/mol. The number of nitrogens with one attached hydrogen (secondary N) is 1. The number of aromatic amines is 1. The van der Waals surface area contributed by atoms with Gasteiger partial charge in [0, 0.05) is 38.4 Å². The fraction of sp³-hybridized carbons (Fsp3) is 0.560. The van der Waals surface area contributed by atoms with Crippen molar-refractivity contribution < 1.29 is 4.74 Å². The smallest absolute Gasteiger partial charge is 0.262 e. The van der Waals surface area contributed by atoms with E-state index in [-0.39, 0.29) is 11.5 Å². The Morgan fingerprint density at radius 1 is 1.03 bits per heavy atom. The number of H-pyrrole nitrogens is 1. The van der Waals surface area contributed by atoms with Crippen LogP contribution in [-0.2, 0) is 11.3 Å².